The number of rotatable bonds is 2. The molecule has 1 aromatic carbocycles. The normalized spacial score (nSPS) is 27.1. The van der Waals surface area contributed by atoms with Crippen molar-refractivity contribution in [3.8, 4) is 12.3 Å². The zero-order chi connectivity index (χ0) is 11.8. The lowest BCUT2D eigenvalue weighted by Gasteiger charge is -2.28. The molecule has 0 saturated heterocycles. The molecule has 1 aliphatic rings. The largest absolute Gasteiger partial charge is 0.369 e. The van der Waals surface area contributed by atoms with Crippen LogP contribution >= 0.6 is 0 Å². The maximum Gasteiger partial charge on any atom is 0.223 e. The van der Waals surface area contributed by atoms with Crippen LogP contribution in [0, 0.1) is 18.3 Å². The zero-order valence-corrected chi connectivity index (χ0v) is 8.94. The smallest absolute Gasteiger partial charge is 0.223 e. The van der Waals surface area contributed by atoms with E-state index in [2.05, 4.69) is 5.92 Å². The van der Waals surface area contributed by atoms with Gasteiger partial charge in [-0.25, -0.2) is 0 Å². The molecule has 0 saturated carbocycles. The molecule has 0 radical (unpaired) electrons. The highest BCUT2D eigenvalue weighted by Crippen LogP contribution is 2.41. The molecule has 1 aromatic rings. The van der Waals surface area contributed by atoms with E-state index in [4.69, 9.17) is 17.9 Å². The van der Waals surface area contributed by atoms with Gasteiger partial charge in [0.1, 0.15) is 0 Å². The highest BCUT2D eigenvalue weighted by atomic mass is 16.1. The molecule has 0 aliphatic heterocycles. The lowest BCUT2D eigenvalue weighted by molar-refractivity contribution is -0.123. The van der Waals surface area contributed by atoms with Gasteiger partial charge in [0.25, 0.3) is 0 Å². The van der Waals surface area contributed by atoms with E-state index in [0.717, 1.165) is 11.1 Å². The van der Waals surface area contributed by atoms with Gasteiger partial charge < -0.3 is 11.5 Å². The quantitative estimate of drug-likeness (QED) is 0.705. The summed E-state index contributed by atoms with van der Waals surface area (Å²) in [4.78, 5) is 11.4. The molecule has 3 heteroatoms. The number of benzene rings is 1. The van der Waals surface area contributed by atoms with E-state index >= 15 is 0 Å². The van der Waals surface area contributed by atoms with Crippen LogP contribution in [0.3, 0.4) is 0 Å². The Morgan fingerprint density at radius 1 is 1.56 bits per heavy atom. The number of amides is 1. The van der Waals surface area contributed by atoms with Crippen LogP contribution in [0.4, 0.5) is 0 Å². The van der Waals surface area contributed by atoms with Gasteiger partial charge in [-0.05, 0) is 17.5 Å². The standard InChI is InChI=1S/C13H14N2O/c1-2-7-13(15)10-6-4-3-5-9(10)8-11(13)12(14)16/h1,3-6,11H,7-8,15H2,(H2,14,16). The summed E-state index contributed by atoms with van der Waals surface area (Å²) in [5.74, 6) is 1.76. The van der Waals surface area contributed by atoms with Crippen molar-refractivity contribution in [2.75, 3.05) is 0 Å². The van der Waals surface area contributed by atoms with Crippen LogP contribution < -0.4 is 11.5 Å². The van der Waals surface area contributed by atoms with Crippen LogP contribution in [0.1, 0.15) is 17.5 Å². The first-order chi connectivity index (χ1) is 7.59. The fraction of sp³-hybridized carbons (Fsp3) is 0.308. The van der Waals surface area contributed by atoms with Gasteiger partial charge in [-0.2, -0.15) is 0 Å². The minimum atomic E-state index is -0.794. The average Bonchev–Trinajstić information content (AvgIpc) is 2.54. The van der Waals surface area contributed by atoms with E-state index in [1.807, 2.05) is 24.3 Å². The van der Waals surface area contributed by atoms with Gasteiger partial charge in [0, 0.05) is 6.42 Å². The van der Waals surface area contributed by atoms with Crippen LogP contribution in [-0.2, 0) is 16.8 Å². The summed E-state index contributed by atoms with van der Waals surface area (Å²) < 4.78 is 0. The van der Waals surface area contributed by atoms with Crippen LogP contribution in [-0.4, -0.2) is 5.91 Å². The third-order valence-corrected chi connectivity index (χ3v) is 3.30. The number of fused-ring (bicyclic) bond motifs is 1. The Balaban J connectivity index is 2.52. The summed E-state index contributed by atoms with van der Waals surface area (Å²) in [5, 5.41) is 0. The van der Waals surface area contributed by atoms with Gasteiger partial charge in [0.15, 0.2) is 0 Å². The first-order valence-corrected chi connectivity index (χ1v) is 5.19. The summed E-state index contributed by atoms with van der Waals surface area (Å²) in [6, 6.07) is 7.73. The highest BCUT2D eigenvalue weighted by molar-refractivity contribution is 5.80. The second kappa shape index (κ2) is 3.66. The van der Waals surface area contributed by atoms with Crippen molar-refractivity contribution < 1.29 is 4.79 Å². The third-order valence-electron chi connectivity index (χ3n) is 3.30. The Kier molecular flexibility index (Phi) is 2.45. The molecule has 3 nitrogen and oxygen atoms in total. The van der Waals surface area contributed by atoms with Crippen molar-refractivity contribution in [1.29, 1.82) is 0 Å². The molecular weight excluding hydrogens is 200 g/mol. The molecule has 0 fully saturated rings. The molecule has 2 rings (SSSR count). The van der Waals surface area contributed by atoms with Crippen LogP contribution in [0.5, 0.6) is 0 Å². The van der Waals surface area contributed by atoms with Gasteiger partial charge >= 0.3 is 0 Å². The van der Waals surface area contributed by atoms with Crippen molar-refractivity contribution in [2.45, 2.75) is 18.4 Å². The van der Waals surface area contributed by atoms with Crippen molar-refractivity contribution >= 4 is 5.91 Å². The Morgan fingerprint density at radius 2 is 2.25 bits per heavy atom. The first kappa shape index (κ1) is 10.7. The fourth-order valence-electron chi connectivity index (χ4n) is 2.48. The number of carbonyl (C=O) groups is 1. The number of carbonyl (C=O) groups excluding carboxylic acids is 1. The molecule has 2 unspecified atom stereocenters. The molecule has 0 heterocycles. The van der Waals surface area contributed by atoms with Crippen LogP contribution in [0.25, 0.3) is 0 Å². The lowest BCUT2D eigenvalue weighted by Crippen LogP contribution is -2.46. The molecule has 1 aliphatic carbocycles. The highest BCUT2D eigenvalue weighted by Gasteiger charge is 2.46. The second-order valence-electron chi connectivity index (χ2n) is 4.24. The molecule has 4 N–H and O–H groups in total. The monoisotopic (exact) mass is 214 g/mol. The molecule has 0 aromatic heterocycles. The maximum atomic E-state index is 11.4. The summed E-state index contributed by atoms with van der Waals surface area (Å²) in [7, 11) is 0. The van der Waals surface area contributed by atoms with E-state index in [0.29, 0.717) is 12.8 Å². The van der Waals surface area contributed by atoms with Crippen molar-refractivity contribution in [3.05, 3.63) is 35.4 Å². The molecule has 0 spiro atoms. The molecular formula is C13H14N2O. The Labute approximate surface area is 94.8 Å². The van der Waals surface area contributed by atoms with Crippen molar-refractivity contribution in [3.63, 3.8) is 0 Å². The van der Waals surface area contributed by atoms with E-state index in [1.165, 1.54) is 0 Å². The first-order valence-electron chi connectivity index (χ1n) is 5.19. The molecule has 82 valence electrons. The van der Waals surface area contributed by atoms with Gasteiger partial charge in [0.2, 0.25) is 5.91 Å². The van der Waals surface area contributed by atoms with Crippen LogP contribution in [0.2, 0.25) is 0 Å². The number of hydrogen-bond acceptors (Lipinski definition) is 2. The number of terminal acetylenes is 1. The second-order valence-corrected chi connectivity index (χ2v) is 4.24. The number of hydrogen-bond donors (Lipinski definition) is 2. The maximum absolute atomic E-state index is 11.4. The van der Waals surface area contributed by atoms with Gasteiger partial charge in [0.05, 0.1) is 11.5 Å². The predicted octanol–water partition coefficient (Wildman–Crippen LogP) is 0.521. The minimum absolute atomic E-state index is 0.331. The number of primary amides is 1. The van der Waals surface area contributed by atoms with Crippen molar-refractivity contribution in [2.24, 2.45) is 17.4 Å². The number of nitrogens with two attached hydrogens (primary N) is 2. The third kappa shape index (κ3) is 1.39. The Hall–Kier alpha value is -1.79. The zero-order valence-electron chi connectivity index (χ0n) is 8.94. The van der Waals surface area contributed by atoms with Crippen LogP contribution in [0.15, 0.2) is 24.3 Å². The van der Waals surface area contributed by atoms with Gasteiger partial charge in [-0.1, -0.05) is 24.3 Å². The summed E-state index contributed by atoms with van der Waals surface area (Å²) in [5.41, 5.74) is 12.9. The Bertz CT molecular complexity index is 475. The summed E-state index contributed by atoms with van der Waals surface area (Å²) in [6.07, 6.45) is 6.25. The fourth-order valence-corrected chi connectivity index (χ4v) is 2.48. The molecule has 1 amide bonds. The average molecular weight is 214 g/mol. The lowest BCUT2D eigenvalue weighted by atomic mass is 9.81. The molecule has 0 bridgehead atoms. The van der Waals surface area contributed by atoms with Gasteiger partial charge in [-0.15, -0.1) is 12.3 Å². The van der Waals surface area contributed by atoms with E-state index < -0.39 is 11.5 Å². The molecule has 2 atom stereocenters. The Morgan fingerprint density at radius 3 is 2.88 bits per heavy atom. The van der Waals surface area contributed by atoms with E-state index in [9.17, 15) is 4.79 Å². The molecule has 16 heavy (non-hydrogen) atoms. The van der Waals surface area contributed by atoms with E-state index in [1.54, 1.807) is 0 Å². The summed E-state index contributed by atoms with van der Waals surface area (Å²) in [6.45, 7) is 0. The van der Waals surface area contributed by atoms with Crippen molar-refractivity contribution in [1.82, 2.24) is 0 Å². The predicted molar refractivity (Wildman–Crippen MR) is 62.1 cm³/mol. The summed E-state index contributed by atoms with van der Waals surface area (Å²) >= 11 is 0. The van der Waals surface area contributed by atoms with Gasteiger partial charge in [-0.3, -0.25) is 4.79 Å². The topological polar surface area (TPSA) is 69.1 Å². The minimum Gasteiger partial charge on any atom is -0.369 e. The van der Waals surface area contributed by atoms with E-state index in [-0.39, 0.29) is 5.91 Å². The SMILES string of the molecule is C#CCC1(N)c2ccccc2CC1C(N)=O.